The van der Waals surface area contributed by atoms with Crippen LogP contribution in [0.1, 0.15) is 39.5 Å². The topological polar surface area (TPSA) is 28.2 Å². The molecule has 2 unspecified atom stereocenters. The van der Waals surface area contributed by atoms with Crippen LogP contribution in [0.15, 0.2) is 18.5 Å². The van der Waals surface area contributed by atoms with Gasteiger partial charge in [-0.25, -0.2) is 0 Å². The van der Waals surface area contributed by atoms with Gasteiger partial charge in [-0.15, -0.1) is 0 Å². The Kier molecular flexibility index (Phi) is 4.67. The van der Waals surface area contributed by atoms with Crippen molar-refractivity contribution in [1.29, 1.82) is 0 Å². The first kappa shape index (κ1) is 14.2. The predicted molar refractivity (Wildman–Crippen MR) is 82.8 cm³/mol. The molecule has 1 aliphatic rings. The van der Waals surface area contributed by atoms with E-state index in [0.717, 1.165) is 11.8 Å². The maximum atomic E-state index is 4.27. The molecule has 0 amide bonds. The van der Waals surface area contributed by atoms with Crippen LogP contribution in [0.2, 0.25) is 0 Å². The van der Waals surface area contributed by atoms with E-state index in [9.17, 15) is 0 Å². The summed E-state index contributed by atoms with van der Waals surface area (Å²) in [5.74, 6) is 1.53. The largest absolute Gasteiger partial charge is 0.379 e. The molecule has 1 aromatic rings. The van der Waals surface area contributed by atoms with Gasteiger partial charge in [-0.05, 0) is 30.7 Å². The summed E-state index contributed by atoms with van der Waals surface area (Å²) in [7, 11) is 4.17. The first-order chi connectivity index (χ1) is 9.09. The standard InChI is InChI=1S/C16H27N3/c1-12(2)13-7-5-6-8-14(13)18-15-11-17-10-9-16(15)19(3)4/h9-14,18H,5-8H2,1-4H3. The SMILES string of the molecule is CC(C)C1CCCCC1Nc1cnccc1N(C)C. The highest BCUT2D eigenvalue weighted by atomic mass is 15.1. The fourth-order valence-electron chi connectivity index (χ4n) is 3.22. The summed E-state index contributed by atoms with van der Waals surface area (Å²) in [4.78, 5) is 6.42. The molecule has 0 radical (unpaired) electrons. The third kappa shape index (κ3) is 3.40. The predicted octanol–water partition coefficient (Wildman–Crippen LogP) is 3.77. The van der Waals surface area contributed by atoms with Crippen molar-refractivity contribution in [2.24, 2.45) is 11.8 Å². The van der Waals surface area contributed by atoms with Crippen LogP contribution in [0.25, 0.3) is 0 Å². The Morgan fingerprint density at radius 2 is 2.00 bits per heavy atom. The maximum absolute atomic E-state index is 4.27. The van der Waals surface area contributed by atoms with Gasteiger partial charge in [0.15, 0.2) is 0 Å². The number of nitrogens with zero attached hydrogens (tertiary/aromatic N) is 2. The molecule has 0 spiro atoms. The molecule has 1 heterocycles. The highest BCUT2D eigenvalue weighted by molar-refractivity contribution is 5.68. The van der Waals surface area contributed by atoms with Gasteiger partial charge in [-0.1, -0.05) is 26.7 Å². The Hall–Kier alpha value is -1.25. The van der Waals surface area contributed by atoms with Gasteiger partial charge in [0, 0.05) is 26.3 Å². The number of anilines is 2. The zero-order valence-electron chi connectivity index (χ0n) is 12.7. The van der Waals surface area contributed by atoms with E-state index in [1.54, 1.807) is 0 Å². The molecule has 0 saturated heterocycles. The first-order valence-electron chi connectivity index (χ1n) is 7.47. The summed E-state index contributed by atoms with van der Waals surface area (Å²) in [6.07, 6.45) is 9.19. The van der Waals surface area contributed by atoms with Gasteiger partial charge in [0.25, 0.3) is 0 Å². The molecule has 0 aromatic carbocycles. The fraction of sp³-hybridized carbons (Fsp3) is 0.688. The average molecular weight is 261 g/mol. The Labute approximate surface area is 117 Å². The van der Waals surface area contributed by atoms with Crippen LogP contribution >= 0.6 is 0 Å². The molecule has 1 fully saturated rings. The number of hydrogen-bond donors (Lipinski definition) is 1. The number of hydrogen-bond acceptors (Lipinski definition) is 3. The molecule has 2 atom stereocenters. The molecule has 0 bridgehead atoms. The lowest BCUT2D eigenvalue weighted by atomic mass is 9.78. The lowest BCUT2D eigenvalue weighted by Crippen LogP contribution is -2.35. The van der Waals surface area contributed by atoms with Gasteiger partial charge in [0.1, 0.15) is 0 Å². The summed E-state index contributed by atoms with van der Waals surface area (Å²) in [6, 6.07) is 2.67. The average Bonchev–Trinajstić information content (AvgIpc) is 2.39. The van der Waals surface area contributed by atoms with Crippen LogP contribution in [0, 0.1) is 11.8 Å². The lowest BCUT2D eigenvalue weighted by molar-refractivity contribution is 0.254. The van der Waals surface area contributed by atoms with Gasteiger partial charge in [0.05, 0.1) is 17.6 Å². The van der Waals surface area contributed by atoms with E-state index in [-0.39, 0.29) is 0 Å². The van der Waals surface area contributed by atoms with Crippen LogP contribution in [-0.4, -0.2) is 25.1 Å². The van der Waals surface area contributed by atoms with Crippen molar-refractivity contribution in [2.45, 2.75) is 45.6 Å². The Morgan fingerprint density at radius 1 is 1.26 bits per heavy atom. The van der Waals surface area contributed by atoms with Crippen LogP contribution in [0.3, 0.4) is 0 Å². The fourth-order valence-corrected chi connectivity index (χ4v) is 3.22. The molecule has 1 aromatic heterocycles. The van der Waals surface area contributed by atoms with Crippen LogP contribution in [0.5, 0.6) is 0 Å². The Balaban J connectivity index is 2.15. The van der Waals surface area contributed by atoms with Crippen molar-refractivity contribution in [1.82, 2.24) is 4.98 Å². The third-order valence-electron chi connectivity index (χ3n) is 4.30. The van der Waals surface area contributed by atoms with Crippen molar-refractivity contribution in [3.8, 4) is 0 Å². The zero-order valence-corrected chi connectivity index (χ0v) is 12.7. The van der Waals surface area contributed by atoms with Gasteiger partial charge in [0.2, 0.25) is 0 Å². The van der Waals surface area contributed by atoms with Crippen LogP contribution in [-0.2, 0) is 0 Å². The molecule has 106 valence electrons. The van der Waals surface area contributed by atoms with Crippen molar-refractivity contribution >= 4 is 11.4 Å². The second kappa shape index (κ2) is 6.27. The van der Waals surface area contributed by atoms with E-state index in [2.05, 4.69) is 49.2 Å². The minimum absolute atomic E-state index is 0.594. The number of aromatic nitrogens is 1. The maximum Gasteiger partial charge on any atom is 0.0766 e. The van der Waals surface area contributed by atoms with E-state index >= 15 is 0 Å². The molecule has 0 aliphatic heterocycles. The van der Waals surface area contributed by atoms with Gasteiger partial charge in [-0.3, -0.25) is 4.98 Å². The van der Waals surface area contributed by atoms with Gasteiger partial charge < -0.3 is 10.2 Å². The lowest BCUT2D eigenvalue weighted by Gasteiger charge is -2.36. The smallest absolute Gasteiger partial charge is 0.0766 e. The highest BCUT2D eigenvalue weighted by Crippen LogP contribution is 2.34. The van der Waals surface area contributed by atoms with E-state index in [4.69, 9.17) is 0 Å². The molecule has 1 N–H and O–H groups in total. The Morgan fingerprint density at radius 3 is 2.68 bits per heavy atom. The van der Waals surface area contributed by atoms with Gasteiger partial charge >= 0.3 is 0 Å². The molecule has 1 aliphatic carbocycles. The molecular formula is C16H27N3. The zero-order chi connectivity index (χ0) is 13.8. The molecule has 1 saturated carbocycles. The van der Waals surface area contributed by atoms with E-state index < -0.39 is 0 Å². The summed E-state index contributed by atoms with van der Waals surface area (Å²) in [5.41, 5.74) is 2.40. The third-order valence-corrected chi connectivity index (χ3v) is 4.30. The number of nitrogens with one attached hydrogen (secondary N) is 1. The molecule has 3 heteroatoms. The highest BCUT2D eigenvalue weighted by Gasteiger charge is 2.27. The molecule has 19 heavy (non-hydrogen) atoms. The van der Waals surface area contributed by atoms with E-state index in [1.165, 1.54) is 37.1 Å². The summed E-state index contributed by atoms with van der Waals surface area (Å²) < 4.78 is 0. The minimum Gasteiger partial charge on any atom is -0.379 e. The molecule has 2 rings (SSSR count). The van der Waals surface area contributed by atoms with Gasteiger partial charge in [-0.2, -0.15) is 0 Å². The van der Waals surface area contributed by atoms with Crippen molar-refractivity contribution in [2.75, 3.05) is 24.3 Å². The quantitative estimate of drug-likeness (QED) is 0.894. The minimum atomic E-state index is 0.594. The second-order valence-corrected chi connectivity index (χ2v) is 6.23. The van der Waals surface area contributed by atoms with E-state index in [0.29, 0.717) is 6.04 Å². The van der Waals surface area contributed by atoms with Crippen molar-refractivity contribution in [3.05, 3.63) is 18.5 Å². The van der Waals surface area contributed by atoms with E-state index in [1.807, 2.05) is 12.4 Å². The number of pyridine rings is 1. The summed E-state index contributed by atoms with van der Waals surface area (Å²) in [6.45, 7) is 4.70. The molecular weight excluding hydrogens is 234 g/mol. The van der Waals surface area contributed by atoms with Crippen LogP contribution in [0.4, 0.5) is 11.4 Å². The second-order valence-electron chi connectivity index (χ2n) is 6.23. The number of rotatable bonds is 4. The summed E-state index contributed by atoms with van der Waals surface area (Å²) >= 11 is 0. The Bertz CT molecular complexity index is 401. The summed E-state index contributed by atoms with van der Waals surface area (Å²) in [5, 5.41) is 3.76. The van der Waals surface area contributed by atoms with Crippen LogP contribution < -0.4 is 10.2 Å². The normalized spacial score (nSPS) is 23.4. The first-order valence-corrected chi connectivity index (χ1v) is 7.47. The van der Waals surface area contributed by atoms with Crippen molar-refractivity contribution in [3.63, 3.8) is 0 Å². The monoisotopic (exact) mass is 261 g/mol. The van der Waals surface area contributed by atoms with Crippen molar-refractivity contribution < 1.29 is 0 Å². The molecule has 3 nitrogen and oxygen atoms in total.